The Balaban J connectivity index is 1.99. The van der Waals surface area contributed by atoms with E-state index in [0.717, 1.165) is 12.8 Å². The highest BCUT2D eigenvalue weighted by Crippen LogP contribution is 2.25. The first-order valence-corrected chi connectivity index (χ1v) is 7.69. The van der Waals surface area contributed by atoms with E-state index in [2.05, 4.69) is 16.0 Å². The van der Waals surface area contributed by atoms with Gasteiger partial charge in [-0.05, 0) is 44.4 Å². The molecule has 0 unspecified atom stereocenters. The van der Waals surface area contributed by atoms with Gasteiger partial charge < -0.3 is 20.7 Å². The molecule has 3 N–H and O–H groups in total. The number of ether oxygens (including phenoxy) is 1. The van der Waals surface area contributed by atoms with Gasteiger partial charge in [-0.15, -0.1) is 0 Å². The Morgan fingerprint density at radius 2 is 2.22 bits per heavy atom. The van der Waals surface area contributed by atoms with Crippen LogP contribution in [0.5, 0.6) is 5.75 Å². The smallest absolute Gasteiger partial charge is 0.315 e. The summed E-state index contributed by atoms with van der Waals surface area (Å²) < 4.78 is 18.6. The number of benzene rings is 1. The third-order valence-electron chi connectivity index (χ3n) is 3.85. The minimum atomic E-state index is -0.542. The van der Waals surface area contributed by atoms with Gasteiger partial charge in [-0.3, -0.25) is 4.79 Å². The minimum Gasteiger partial charge on any atom is -0.496 e. The normalized spacial score (nSPS) is 19.3. The Morgan fingerprint density at radius 3 is 2.96 bits per heavy atom. The molecule has 0 aromatic heterocycles. The highest BCUT2D eigenvalue weighted by atomic mass is 19.1. The molecule has 2 atom stereocenters. The van der Waals surface area contributed by atoms with Crippen LogP contribution in [-0.4, -0.2) is 31.6 Å². The van der Waals surface area contributed by atoms with Gasteiger partial charge in [0.15, 0.2) is 0 Å². The van der Waals surface area contributed by atoms with E-state index in [9.17, 15) is 14.0 Å². The molecule has 23 heavy (non-hydrogen) atoms. The van der Waals surface area contributed by atoms with Crippen LogP contribution < -0.4 is 20.7 Å². The molecule has 0 radical (unpaired) electrons. The fraction of sp³-hybridized carbons (Fsp3) is 0.500. The lowest BCUT2D eigenvalue weighted by Crippen LogP contribution is -2.49. The summed E-state index contributed by atoms with van der Waals surface area (Å²) in [5.74, 6) is -0.0851. The third kappa shape index (κ3) is 4.58. The molecule has 1 aliphatic rings. The van der Waals surface area contributed by atoms with Crippen LogP contribution >= 0.6 is 0 Å². The van der Waals surface area contributed by atoms with Crippen molar-refractivity contribution in [2.45, 2.75) is 38.3 Å². The second-order valence-electron chi connectivity index (χ2n) is 5.57. The predicted molar refractivity (Wildman–Crippen MR) is 83.7 cm³/mol. The first-order chi connectivity index (χ1) is 11.0. The zero-order valence-electron chi connectivity index (χ0n) is 13.3. The highest BCUT2D eigenvalue weighted by molar-refractivity contribution is 5.87. The summed E-state index contributed by atoms with van der Waals surface area (Å²) >= 11 is 0. The van der Waals surface area contributed by atoms with Crippen molar-refractivity contribution in [2.75, 3.05) is 13.7 Å². The second-order valence-corrected chi connectivity index (χ2v) is 5.57. The number of urea groups is 1. The van der Waals surface area contributed by atoms with E-state index in [1.165, 1.54) is 25.3 Å². The van der Waals surface area contributed by atoms with Crippen LogP contribution in [0.2, 0.25) is 0 Å². The van der Waals surface area contributed by atoms with Crippen LogP contribution in [-0.2, 0) is 4.79 Å². The largest absolute Gasteiger partial charge is 0.496 e. The van der Waals surface area contributed by atoms with Gasteiger partial charge in [-0.2, -0.15) is 0 Å². The van der Waals surface area contributed by atoms with Crippen LogP contribution in [0.4, 0.5) is 9.18 Å². The van der Waals surface area contributed by atoms with Crippen molar-refractivity contribution in [1.82, 2.24) is 16.0 Å². The average Bonchev–Trinajstić information content (AvgIpc) is 2.72. The minimum absolute atomic E-state index is 0.173. The van der Waals surface area contributed by atoms with E-state index in [4.69, 9.17) is 4.74 Å². The molecule has 0 bridgehead atoms. The fourth-order valence-electron chi connectivity index (χ4n) is 2.59. The number of hydrogen-bond donors (Lipinski definition) is 3. The molecule has 1 fully saturated rings. The maximum atomic E-state index is 13.4. The van der Waals surface area contributed by atoms with Crippen molar-refractivity contribution in [2.24, 2.45) is 0 Å². The summed E-state index contributed by atoms with van der Waals surface area (Å²) in [6.07, 6.45) is 2.39. The monoisotopic (exact) mass is 323 g/mol. The van der Waals surface area contributed by atoms with E-state index in [0.29, 0.717) is 24.3 Å². The molecule has 1 aliphatic heterocycles. The zero-order valence-corrected chi connectivity index (χ0v) is 13.3. The predicted octanol–water partition coefficient (Wildman–Crippen LogP) is 1.86. The Bertz CT molecular complexity index is 580. The standard InChI is InChI=1S/C16H22FN3O3/c1-10(12-9-11(17)6-7-14(12)23-2)19-16(22)20-13-5-3-4-8-18-15(13)21/h6-7,9-10,13H,3-5,8H2,1-2H3,(H,18,21)(H2,19,20,22)/t10-,13-/m1/s1. The number of hydrogen-bond acceptors (Lipinski definition) is 3. The van der Waals surface area contributed by atoms with Gasteiger partial charge in [0.25, 0.3) is 0 Å². The van der Waals surface area contributed by atoms with Crippen molar-refractivity contribution < 1.29 is 18.7 Å². The van der Waals surface area contributed by atoms with Crippen molar-refractivity contribution in [3.63, 3.8) is 0 Å². The van der Waals surface area contributed by atoms with Crippen LogP contribution in [0.15, 0.2) is 18.2 Å². The molecule has 1 heterocycles. The van der Waals surface area contributed by atoms with Gasteiger partial charge in [-0.1, -0.05) is 0 Å². The number of methoxy groups -OCH3 is 1. The number of rotatable bonds is 4. The quantitative estimate of drug-likeness (QED) is 0.791. The van der Waals surface area contributed by atoms with E-state index < -0.39 is 23.9 Å². The van der Waals surface area contributed by atoms with Gasteiger partial charge in [0, 0.05) is 12.1 Å². The van der Waals surface area contributed by atoms with Gasteiger partial charge in [-0.25, -0.2) is 9.18 Å². The van der Waals surface area contributed by atoms with Crippen LogP contribution in [0.25, 0.3) is 0 Å². The zero-order chi connectivity index (χ0) is 16.8. The second kappa shape index (κ2) is 7.80. The van der Waals surface area contributed by atoms with Gasteiger partial charge >= 0.3 is 6.03 Å². The number of carbonyl (C=O) groups excluding carboxylic acids is 2. The molecule has 6 nitrogen and oxygen atoms in total. The maximum absolute atomic E-state index is 13.4. The Kier molecular flexibility index (Phi) is 5.78. The Morgan fingerprint density at radius 1 is 1.43 bits per heavy atom. The lowest BCUT2D eigenvalue weighted by atomic mass is 10.1. The van der Waals surface area contributed by atoms with E-state index in [1.807, 2.05) is 0 Å². The molecule has 0 spiro atoms. The Labute approximate surface area is 134 Å². The molecule has 1 saturated heterocycles. The number of halogens is 1. The first-order valence-electron chi connectivity index (χ1n) is 7.69. The summed E-state index contributed by atoms with van der Waals surface area (Å²) in [5.41, 5.74) is 0.535. The van der Waals surface area contributed by atoms with Crippen LogP contribution in [0, 0.1) is 5.82 Å². The van der Waals surface area contributed by atoms with Gasteiger partial charge in [0.05, 0.1) is 13.2 Å². The molecule has 1 aromatic rings. The highest BCUT2D eigenvalue weighted by Gasteiger charge is 2.23. The van der Waals surface area contributed by atoms with E-state index in [1.54, 1.807) is 6.92 Å². The molecule has 1 aromatic carbocycles. The molecule has 0 aliphatic carbocycles. The molecule has 7 heteroatoms. The molecular formula is C16H22FN3O3. The molecular weight excluding hydrogens is 301 g/mol. The van der Waals surface area contributed by atoms with Crippen molar-refractivity contribution in [1.29, 1.82) is 0 Å². The number of carbonyl (C=O) groups is 2. The lowest BCUT2D eigenvalue weighted by molar-refractivity contribution is -0.122. The van der Waals surface area contributed by atoms with Gasteiger partial charge in [0.2, 0.25) is 5.91 Å². The topological polar surface area (TPSA) is 79.5 Å². The van der Waals surface area contributed by atoms with Gasteiger partial charge in [0.1, 0.15) is 17.6 Å². The van der Waals surface area contributed by atoms with Crippen molar-refractivity contribution in [3.8, 4) is 5.75 Å². The summed E-state index contributed by atoms with van der Waals surface area (Å²) in [6.45, 7) is 2.36. The molecule has 3 amide bonds. The van der Waals surface area contributed by atoms with Crippen LogP contribution in [0.3, 0.4) is 0 Å². The summed E-state index contributed by atoms with van der Waals surface area (Å²) in [7, 11) is 1.49. The molecule has 126 valence electrons. The number of amides is 3. The summed E-state index contributed by atoms with van der Waals surface area (Å²) in [5, 5.41) is 8.13. The van der Waals surface area contributed by atoms with Crippen molar-refractivity contribution in [3.05, 3.63) is 29.6 Å². The summed E-state index contributed by atoms with van der Waals surface area (Å²) in [4.78, 5) is 23.9. The summed E-state index contributed by atoms with van der Waals surface area (Å²) in [6, 6.07) is 2.66. The third-order valence-corrected chi connectivity index (χ3v) is 3.85. The van der Waals surface area contributed by atoms with E-state index in [-0.39, 0.29) is 5.91 Å². The fourth-order valence-corrected chi connectivity index (χ4v) is 2.59. The molecule has 2 rings (SSSR count). The maximum Gasteiger partial charge on any atom is 0.315 e. The molecule has 0 saturated carbocycles. The number of nitrogens with one attached hydrogen (secondary N) is 3. The van der Waals surface area contributed by atoms with E-state index >= 15 is 0 Å². The van der Waals surface area contributed by atoms with Crippen molar-refractivity contribution >= 4 is 11.9 Å². The lowest BCUT2D eigenvalue weighted by Gasteiger charge is -2.20. The SMILES string of the molecule is COc1ccc(F)cc1[C@@H](C)NC(=O)N[C@@H]1CCCCNC1=O. The average molecular weight is 323 g/mol. The Hall–Kier alpha value is -2.31. The van der Waals surface area contributed by atoms with Crippen LogP contribution in [0.1, 0.15) is 37.8 Å². The first kappa shape index (κ1) is 17.1.